The standard InChI is InChI=1S/C19H17Cl2N3O2S/c1-2-7-24-18(26)13-5-4-12(9-16(13)23-19(24)27)17(25)22-10-11-3-6-14(20)15(21)8-11/h3-6,8-9H,2,7,10H2,1H3,(H,22,25)(H,23,27). The van der Waals surface area contributed by atoms with Gasteiger partial charge in [0.15, 0.2) is 4.77 Å². The summed E-state index contributed by atoms with van der Waals surface area (Å²) in [5, 5.41) is 4.22. The first-order valence-corrected chi connectivity index (χ1v) is 9.56. The summed E-state index contributed by atoms with van der Waals surface area (Å²) in [6.45, 7) is 2.84. The van der Waals surface area contributed by atoms with Crippen LogP contribution in [0.5, 0.6) is 0 Å². The molecule has 3 rings (SSSR count). The predicted molar refractivity (Wildman–Crippen MR) is 111 cm³/mol. The average Bonchev–Trinajstić information content (AvgIpc) is 2.65. The van der Waals surface area contributed by atoms with E-state index in [1.54, 1.807) is 36.4 Å². The number of aromatic amines is 1. The minimum atomic E-state index is -0.264. The molecule has 0 aliphatic carbocycles. The van der Waals surface area contributed by atoms with Gasteiger partial charge in [0.1, 0.15) is 0 Å². The van der Waals surface area contributed by atoms with Crippen molar-refractivity contribution < 1.29 is 4.79 Å². The molecule has 3 aromatic rings. The predicted octanol–water partition coefficient (Wildman–Crippen LogP) is 4.71. The van der Waals surface area contributed by atoms with Crippen LogP contribution in [0.1, 0.15) is 29.3 Å². The molecule has 0 bridgehead atoms. The molecule has 2 N–H and O–H groups in total. The van der Waals surface area contributed by atoms with Gasteiger partial charge in [-0.2, -0.15) is 0 Å². The molecular formula is C19H17Cl2N3O2S. The van der Waals surface area contributed by atoms with Crippen LogP contribution in [0.15, 0.2) is 41.2 Å². The summed E-state index contributed by atoms with van der Waals surface area (Å²) in [7, 11) is 0. The Kier molecular flexibility index (Phi) is 5.99. The van der Waals surface area contributed by atoms with Gasteiger partial charge in [0.05, 0.1) is 20.9 Å². The quantitative estimate of drug-likeness (QED) is 0.586. The molecule has 0 saturated carbocycles. The minimum absolute atomic E-state index is 0.154. The zero-order valence-electron chi connectivity index (χ0n) is 14.5. The van der Waals surface area contributed by atoms with Crippen molar-refractivity contribution in [1.29, 1.82) is 0 Å². The first-order chi connectivity index (χ1) is 12.9. The van der Waals surface area contributed by atoms with Crippen molar-refractivity contribution in [3.8, 4) is 0 Å². The molecule has 27 heavy (non-hydrogen) atoms. The summed E-state index contributed by atoms with van der Waals surface area (Å²) >= 11 is 17.1. The van der Waals surface area contributed by atoms with Crippen LogP contribution in [0.4, 0.5) is 0 Å². The summed E-state index contributed by atoms with van der Waals surface area (Å²) in [6.07, 6.45) is 0.804. The van der Waals surface area contributed by atoms with Crippen LogP contribution in [-0.4, -0.2) is 15.5 Å². The molecule has 0 radical (unpaired) electrons. The SMILES string of the molecule is CCCn1c(=S)[nH]c2cc(C(=O)NCc3ccc(Cl)c(Cl)c3)ccc2c1=O. The van der Waals surface area contributed by atoms with Crippen LogP contribution >= 0.6 is 35.4 Å². The Morgan fingerprint density at radius 3 is 2.67 bits per heavy atom. The number of amides is 1. The highest BCUT2D eigenvalue weighted by atomic mass is 35.5. The van der Waals surface area contributed by atoms with Crippen molar-refractivity contribution in [2.45, 2.75) is 26.4 Å². The van der Waals surface area contributed by atoms with Crippen LogP contribution in [0, 0.1) is 4.77 Å². The van der Waals surface area contributed by atoms with E-state index in [-0.39, 0.29) is 11.5 Å². The van der Waals surface area contributed by atoms with Crippen molar-refractivity contribution in [3.63, 3.8) is 0 Å². The molecule has 1 heterocycles. The second-order valence-electron chi connectivity index (χ2n) is 6.08. The van der Waals surface area contributed by atoms with Gasteiger partial charge >= 0.3 is 0 Å². The lowest BCUT2D eigenvalue weighted by Gasteiger charge is -2.09. The number of nitrogens with zero attached hydrogens (tertiary/aromatic N) is 1. The third-order valence-corrected chi connectivity index (χ3v) is 5.19. The number of rotatable bonds is 5. The van der Waals surface area contributed by atoms with E-state index in [0.29, 0.717) is 44.4 Å². The molecule has 8 heteroatoms. The summed E-state index contributed by atoms with van der Waals surface area (Å²) in [6, 6.07) is 10.1. The molecule has 0 aliphatic heterocycles. The Hall–Kier alpha value is -2.15. The van der Waals surface area contributed by atoms with Crippen molar-refractivity contribution >= 4 is 52.2 Å². The van der Waals surface area contributed by atoms with E-state index in [4.69, 9.17) is 35.4 Å². The fraction of sp³-hybridized carbons (Fsp3) is 0.211. The van der Waals surface area contributed by atoms with Gasteiger partial charge in [0.2, 0.25) is 0 Å². The average molecular weight is 422 g/mol. The molecule has 0 fully saturated rings. The largest absolute Gasteiger partial charge is 0.348 e. The van der Waals surface area contributed by atoms with E-state index < -0.39 is 0 Å². The number of benzene rings is 2. The third-order valence-electron chi connectivity index (χ3n) is 4.13. The Morgan fingerprint density at radius 1 is 1.19 bits per heavy atom. The van der Waals surface area contributed by atoms with Gasteiger partial charge < -0.3 is 10.3 Å². The third kappa shape index (κ3) is 4.24. The van der Waals surface area contributed by atoms with Crippen molar-refractivity contribution in [1.82, 2.24) is 14.9 Å². The van der Waals surface area contributed by atoms with Gasteiger partial charge in [0.25, 0.3) is 11.5 Å². The maximum Gasteiger partial charge on any atom is 0.262 e. The van der Waals surface area contributed by atoms with Gasteiger partial charge in [0, 0.05) is 18.7 Å². The van der Waals surface area contributed by atoms with Crippen LogP contribution in [-0.2, 0) is 13.1 Å². The van der Waals surface area contributed by atoms with E-state index in [0.717, 1.165) is 12.0 Å². The number of nitrogens with one attached hydrogen (secondary N) is 2. The van der Waals surface area contributed by atoms with E-state index in [9.17, 15) is 9.59 Å². The number of aromatic nitrogens is 2. The fourth-order valence-corrected chi connectivity index (χ4v) is 3.36. The zero-order chi connectivity index (χ0) is 19.6. The molecular weight excluding hydrogens is 405 g/mol. The molecule has 0 aliphatic rings. The van der Waals surface area contributed by atoms with Crippen LogP contribution in [0.25, 0.3) is 10.9 Å². The summed E-state index contributed by atoms with van der Waals surface area (Å²) in [5.74, 6) is -0.264. The lowest BCUT2D eigenvalue weighted by molar-refractivity contribution is 0.0951. The smallest absolute Gasteiger partial charge is 0.262 e. The van der Waals surface area contributed by atoms with Crippen LogP contribution < -0.4 is 10.9 Å². The van der Waals surface area contributed by atoms with E-state index in [2.05, 4.69) is 10.3 Å². The normalized spacial score (nSPS) is 10.9. The molecule has 1 amide bonds. The first kappa shape index (κ1) is 19.6. The molecule has 2 aromatic carbocycles. The van der Waals surface area contributed by atoms with Gasteiger partial charge in [-0.1, -0.05) is 36.2 Å². The number of hydrogen-bond acceptors (Lipinski definition) is 3. The van der Waals surface area contributed by atoms with E-state index in [1.807, 2.05) is 6.92 Å². The lowest BCUT2D eigenvalue weighted by atomic mass is 10.1. The highest BCUT2D eigenvalue weighted by molar-refractivity contribution is 7.71. The number of halogens is 2. The second-order valence-corrected chi connectivity index (χ2v) is 7.28. The van der Waals surface area contributed by atoms with Crippen LogP contribution in [0.3, 0.4) is 0 Å². The monoisotopic (exact) mass is 421 g/mol. The number of fused-ring (bicyclic) bond motifs is 1. The van der Waals surface area contributed by atoms with Crippen molar-refractivity contribution in [2.24, 2.45) is 0 Å². The Balaban J connectivity index is 1.85. The summed E-state index contributed by atoms with van der Waals surface area (Å²) < 4.78 is 1.88. The highest BCUT2D eigenvalue weighted by Crippen LogP contribution is 2.22. The van der Waals surface area contributed by atoms with Crippen molar-refractivity contribution in [3.05, 3.63) is 72.7 Å². The first-order valence-electron chi connectivity index (χ1n) is 8.39. The highest BCUT2D eigenvalue weighted by Gasteiger charge is 2.10. The fourth-order valence-electron chi connectivity index (χ4n) is 2.76. The van der Waals surface area contributed by atoms with Gasteiger partial charge in [-0.15, -0.1) is 0 Å². The Labute approximate surface area is 170 Å². The van der Waals surface area contributed by atoms with Gasteiger partial charge in [-0.05, 0) is 54.5 Å². The number of hydrogen-bond donors (Lipinski definition) is 2. The lowest BCUT2D eigenvalue weighted by Crippen LogP contribution is -2.24. The number of H-pyrrole nitrogens is 1. The molecule has 140 valence electrons. The van der Waals surface area contributed by atoms with Gasteiger partial charge in [-0.25, -0.2) is 0 Å². The summed E-state index contributed by atoms with van der Waals surface area (Å²) in [4.78, 5) is 28.0. The summed E-state index contributed by atoms with van der Waals surface area (Å²) in [5.41, 5.74) is 1.65. The topological polar surface area (TPSA) is 66.9 Å². The molecule has 1 aromatic heterocycles. The number of carbonyl (C=O) groups is 1. The molecule has 0 atom stereocenters. The van der Waals surface area contributed by atoms with E-state index >= 15 is 0 Å². The minimum Gasteiger partial charge on any atom is -0.348 e. The second kappa shape index (κ2) is 8.25. The Morgan fingerprint density at radius 2 is 1.96 bits per heavy atom. The molecule has 0 spiro atoms. The molecule has 0 unspecified atom stereocenters. The maximum atomic E-state index is 12.5. The van der Waals surface area contributed by atoms with Crippen LogP contribution in [0.2, 0.25) is 10.0 Å². The maximum absolute atomic E-state index is 12.5. The molecule has 5 nitrogen and oxygen atoms in total. The van der Waals surface area contributed by atoms with E-state index in [1.165, 1.54) is 4.57 Å². The molecule has 0 saturated heterocycles. The van der Waals surface area contributed by atoms with Crippen molar-refractivity contribution in [2.75, 3.05) is 0 Å². The Bertz CT molecular complexity index is 1140. The zero-order valence-corrected chi connectivity index (χ0v) is 16.8. The van der Waals surface area contributed by atoms with Gasteiger partial charge in [-0.3, -0.25) is 14.2 Å². The number of carbonyl (C=O) groups excluding carboxylic acids is 1.